The summed E-state index contributed by atoms with van der Waals surface area (Å²) in [5.74, 6) is 2.65. The lowest BCUT2D eigenvalue weighted by Gasteiger charge is -2.36. The van der Waals surface area contributed by atoms with Crippen LogP contribution in [0, 0.1) is 0 Å². The van der Waals surface area contributed by atoms with Crippen LogP contribution in [0.25, 0.3) is 0 Å². The van der Waals surface area contributed by atoms with Gasteiger partial charge in [-0.25, -0.2) is 9.79 Å². The lowest BCUT2D eigenvalue weighted by molar-refractivity contribution is 0.0224. The van der Waals surface area contributed by atoms with Gasteiger partial charge in [-0.2, -0.15) is 0 Å². The van der Waals surface area contributed by atoms with E-state index in [1.807, 2.05) is 0 Å². The zero-order chi connectivity index (χ0) is 19.5. The summed E-state index contributed by atoms with van der Waals surface area (Å²) in [6, 6.07) is 14.4. The highest BCUT2D eigenvalue weighted by Crippen LogP contribution is 2.57. The highest BCUT2D eigenvalue weighted by molar-refractivity contribution is 5.98. The number of ether oxygens (including phenoxy) is 2. The molecule has 3 aromatic carbocycles. The fourth-order valence-electron chi connectivity index (χ4n) is 3.85. The van der Waals surface area contributed by atoms with Gasteiger partial charge in [0, 0.05) is 28.8 Å². The van der Waals surface area contributed by atoms with E-state index in [0.29, 0.717) is 39.4 Å². The van der Waals surface area contributed by atoms with Gasteiger partial charge in [0.15, 0.2) is 5.60 Å². The van der Waals surface area contributed by atoms with E-state index in [4.69, 9.17) is 9.47 Å². The number of phenolic OH excluding ortho intramolecular Hbond substituents is 2. The summed E-state index contributed by atoms with van der Waals surface area (Å²) in [5, 5.41) is 19.8. The Labute approximate surface area is 159 Å². The van der Waals surface area contributed by atoms with Crippen LogP contribution in [-0.2, 0) is 10.3 Å². The number of carbonyl (C=O) groups is 1. The minimum Gasteiger partial charge on any atom is -0.508 e. The molecule has 0 aromatic heterocycles. The smallest absolute Gasteiger partial charge is 0.340 e. The highest BCUT2D eigenvalue weighted by Gasteiger charge is 2.53. The summed E-state index contributed by atoms with van der Waals surface area (Å²) in [7, 11) is 0. The quantitative estimate of drug-likeness (QED) is 0.495. The maximum atomic E-state index is 12.8. The highest BCUT2D eigenvalue weighted by atomic mass is 16.6. The van der Waals surface area contributed by atoms with Crippen LogP contribution in [0.5, 0.6) is 23.0 Å². The number of rotatable bonds is 1. The van der Waals surface area contributed by atoms with E-state index < -0.39 is 11.6 Å². The van der Waals surface area contributed by atoms with Gasteiger partial charge in [-0.15, -0.1) is 0 Å². The molecule has 5 rings (SSSR count). The Morgan fingerprint density at radius 1 is 0.893 bits per heavy atom. The fraction of sp³-hybridized carbons (Fsp3) is 0.0455. The van der Waals surface area contributed by atoms with E-state index in [-0.39, 0.29) is 11.5 Å². The number of benzene rings is 3. The summed E-state index contributed by atoms with van der Waals surface area (Å²) < 4.78 is 11.9. The number of nitrogens with zero attached hydrogens (tertiary/aromatic N) is 1. The SMILES string of the molecule is C=C=Nc1ccc2c(c1)C(=O)OC21c2ccc(O)cc2Oc2cc(O)ccc21. The van der Waals surface area contributed by atoms with Gasteiger partial charge in [-0.1, -0.05) is 6.07 Å². The third-order valence-electron chi connectivity index (χ3n) is 4.97. The van der Waals surface area contributed by atoms with Crippen LogP contribution in [0.4, 0.5) is 5.69 Å². The molecule has 0 unspecified atom stereocenters. The standard InChI is InChI=1S/C22H13NO5/c1-2-23-12-3-6-16-15(9-12)21(26)28-22(16)17-7-4-13(24)10-19(17)27-20-11-14(25)5-8-18(20)22/h3-11,24-25H,1H2. The van der Waals surface area contributed by atoms with Crippen LogP contribution >= 0.6 is 0 Å². The van der Waals surface area contributed by atoms with Gasteiger partial charge in [-0.05, 0) is 48.8 Å². The average Bonchev–Trinajstić information content (AvgIpc) is 2.94. The van der Waals surface area contributed by atoms with Crippen LogP contribution in [0.2, 0.25) is 0 Å². The van der Waals surface area contributed by atoms with Gasteiger partial charge >= 0.3 is 5.97 Å². The zero-order valence-electron chi connectivity index (χ0n) is 14.5. The number of carbonyl (C=O) groups excluding carboxylic acids is 1. The summed E-state index contributed by atoms with van der Waals surface area (Å²) >= 11 is 0. The number of hydrogen-bond donors (Lipinski definition) is 2. The van der Waals surface area contributed by atoms with Crippen molar-refractivity contribution in [3.63, 3.8) is 0 Å². The molecule has 0 amide bonds. The molecule has 0 atom stereocenters. The molecule has 2 heterocycles. The van der Waals surface area contributed by atoms with Gasteiger partial charge in [0.2, 0.25) is 0 Å². The molecule has 0 saturated carbocycles. The Balaban J connectivity index is 1.86. The van der Waals surface area contributed by atoms with E-state index in [0.717, 1.165) is 0 Å². The first-order valence-electron chi connectivity index (χ1n) is 8.48. The van der Waals surface area contributed by atoms with Crippen LogP contribution < -0.4 is 4.74 Å². The Morgan fingerprint density at radius 2 is 1.50 bits per heavy atom. The second kappa shape index (κ2) is 5.49. The van der Waals surface area contributed by atoms with Crippen molar-refractivity contribution in [1.29, 1.82) is 0 Å². The molecule has 0 radical (unpaired) electrons. The molecule has 0 aliphatic carbocycles. The van der Waals surface area contributed by atoms with Crippen LogP contribution in [0.3, 0.4) is 0 Å². The Morgan fingerprint density at radius 3 is 2.11 bits per heavy atom. The number of phenols is 2. The minimum atomic E-state index is -1.26. The molecule has 136 valence electrons. The normalized spacial score (nSPS) is 14.9. The van der Waals surface area contributed by atoms with Crippen molar-refractivity contribution in [3.8, 4) is 23.0 Å². The summed E-state index contributed by atoms with van der Waals surface area (Å²) in [6.07, 6.45) is 0. The Kier molecular flexibility index (Phi) is 3.17. The number of fused-ring (bicyclic) bond motifs is 6. The van der Waals surface area contributed by atoms with Crippen molar-refractivity contribution in [2.45, 2.75) is 5.60 Å². The molecular formula is C22H13NO5. The average molecular weight is 371 g/mol. The van der Waals surface area contributed by atoms with Crippen LogP contribution in [0.1, 0.15) is 27.0 Å². The fourth-order valence-corrected chi connectivity index (χ4v) is 3.85. The van der Waals surface area contributed by atoms with E-state index in [9.17, 15) is 15.0 Å². The number of aromatic hydroxyl groups is 2. The molecule has 0 bridgehead atoms. The van der Waals surface area contributed by atoms with Crippen molar-refractivity contribution < 1.29 is 24.5 Å². The lowest BCUT2D eigenvalue weighted by atomic mass is 9.77. The zero-order valence-corrected chi connectivity index (χ0v) is 14.5. The summed E-state index contributed by atoms with van der Waals surface area (Å²) in [6.45, 7) is 3.46. The molecule has 0 fully saturated rings. The van der Waals surface area contributed by atoms with Crippen molar-refractivity contribution in [2.75, 3.05) is 0 Å². The van der Waals surface area contributed by atoms with Crippen molar-refractivity contribution in [1.82, 2.24) is 0 Å². The maximum absolute atomic E-state index is 12.8. The molecule has 28 heavy (non-hydrogen) atoms. The van der Waals surface area contributed by atoms with Crippen molar-refractivity contribution in [3.05, 3.63) is 83.4 Å². The van der Waals surface area contributed by atoms with E-state index >= 15 is 0 Å². The topological polar surface area (TPSA) is 88.4 Å². The van der Waals surface area contributed by atoms with Gasteiger partial charge in [-0.3, -0.25) is 0 Å². The van der Waals surface area contributed by atoms with E-state index in [1.54, 1.807) is 30.3 Å². The number of aliphatic imine (C=N–C) groups is 1. The molecule has 2 N–H and O–H groups in total. The second-order valence-electron chi connectivity index (χ2n) is 6.53. The van der Waals surface area contributed by atoms with Gasteiger partial charge < -0.3 is 19.7 Å². The van der Waals surface area contributed by atoms with Gasteiger partial charge in [0.1, 0.15) is 23.0 Å². The number of hydrogen-bond acceptors (Lipinski definition) is 6. The molecule has 6 heteroatoms. The lowest BCUT2D eigenvalue weighted by Crippen LogP contribution is -2.32. The van der Waals surface area contributed by atoms with Crippen molar-refractivity contribution in [2.24, 2.45) is 4.99 Å². The first kappa shape index (κ1) is 16.2. The Hall–Kier alpha value is -4.02. The monoisotopic (exact) mass is 371 g/mol. The molecule has 6 nitrogen and oxygen atoms in total. The van der Waals surface area contributed by atoms with Gasteiger partial charge in [0.05, 0.1) is 11.3 Å². The van der Waals surface area contributed by atoms with Crippen LogP contribution in [-0.4, -0.2) is 22.1 Å². The molecule has 3 aromatic rings. The maximum Gasteiger partial charge on any atom is 0.340 e. The molecule has 0 saturated heterocycles. The van der Waals surface area contributed by atoms with Gasteiger partial charge in [0.25, 0.3) is 0 Å². The number of esters is 1. The Bertz CT molecular complexity index is 1170. The third kappa shape index (κ3) is 2.03. The molecule has 2 aliphatic heterocycles. The van der Waals surface area contributed by atoms with E-state index in [1.165, 1.54) is 24.3 Å². The predicted octanol–water partition coefficient (Wildman–Crippen LogP) is 4.15. The van der Waals surface area contributed by atoms with Crippen LogP contribution in [0.15, 0.2) is 66.2 Å². The first-order valence-corrected chi connectivity index (χ1v) is 8.48. The third-order valence-corrected chi connectivity index (χ3v) is 4.97. The second-order valence-corrected chi connectivity index (χ2v) is 6.53. The molecule has 2 aliphatic rings. The largest absolute Gasteiger partial charge is 0.508 e. The van der Waals surface area contributed by atoms with E-state index in [2.05, 4.69) is 17.4 Å². The summed E-state index contributed by atoms with van der Waals surface area (Å²) in [5.41, 5.74) is 1.43. The summed E-state index contributed by atoms with van der Waals surface area (Å²) in [4.78, 5) is 16.8. The predicted molar refractivity (Wildman–Crippen MR) is 101 cm³/mol. The molecular weight excluding hydrogens is 358 g/mol. The minimum absolute atomic E-state index is 0.0118. The molecule has 1 spiro atoms. The first-order chi connectivity index (χ1) is 13.5. The van der Waals surface area contributed by atoms with Crippen molar-refractivity contribution >= 4 is 17.5 Å².